The van der Waals surface area contributed by atoms with E-state index >= 15 is 0 Å². The van der Waals surface area contributed by atoms with Crippen LogP contribution in [0.2, 0.25) is 0 Å². The lowest BCUT2D eigenvalue weighted by molar-refractivity contribution is 0.719. The van der Waals surface area contributed by atoms with Crippen molar-refractivity contribution in [3.8, 4) is 0 Å². The van der Waals surface area contributed by atoms with Gasteiger partial charge in [0.25, 0.3) is 0 Å². The highest BCUT2D eigenvalue weighted by atomic mass is 14.8. The summed E-state index contributed by atoms with van der Waals surface area (Å²) in [7, 11) is 0. The summed E-state index contributed by atoms with van der Waals surface area (Å²) in [6.07, 6.45) is 7.83. The lowest BCUT2D eigenvalue weighted by Gasteiger charge is -2.02. The van der Waals surface area contributed by atoms with Crippen LogP contribution in [0.3, 0.4) is 0 Å². The van der Waals surface area contributed by atoms with Crippen LogP contribution in [0.4, 0.5) is 0 Å². The third-order valence-electron chi connectivity index (χ3n) is 1.78. The molecule has 0 saturated carbocycles. The van der Waals surface area contributed by atoms with Gasteiger partial charge in [0, 0.05) is 18.4 Å². The van der Waals surface area contributed by atoms with Crippen LogP contribution in [0.25, 0.3) is 0 Å². The molecule has 0 spiro atoms. The van der Waals surface area contributed by atoms with Gasteiger partial charge < -0.3 is 11.1 Å². The predicted octanol–water partition coefficient (Wildman–Crippen LogP) is 2.37. The van der Waals surface area contributed by atoms with E-state index in [9.17, 15) is 0 Å². The molecule has 0 heterocycles. The van der Waals surface area contributed by atoms with E-state index in [0.29, 0.717) is 0 Å². The zero-order chi connectivity index (χ0) is 9.23. The second kappa shape index (κ2) is 8.44. The Hall–Kier alpha value is -0.660. The molecular weight excluding hydrogens is 148 g/mol. The molecule has 72 valence electrons. The Kier molecular flexibility index (Phi) is 7.97. The number of unbranched alkanes of at least 4 members (excludes halogenated alkanes) is 2. The van der Waals surface area contributed by atoms with Gasteiger partial charge in [0.1, 0.15) is 0 Å². The largest absolute Gasteiger partial charge is 0.401 e. The maximum atomic E-state index is 5.74. The van der Waals surface area contributed by atoms with Crippen molar-refractivity contribution in [2.45, 2.75) is 46.0 Å². The maximum Gasteiger partial charge on any atom is 0.0240 e. The molecule has 0 bridgehead atoms. The monoisotopic (exact) mass is 170 g/mol. The van der Waals surface area contributed by atoms with Crippen LogP contribution >= 0.6 is 0 Å². The molecule has 0 aliphatic heterocycles. The molecule has 0 radical (unpaired) electrons. The van der Waals surface area contributed by atoms with E-state index in [1.165, 1.54) is 25.7 Å². The highest BCUT2D eigenvalue weighted by molar-refractivity contribution is 4.94. The van der Waals surface area contributed by atoms with Crippen LogP contribution in [0.15, 0.2) is 11.9 Å². The molecule has 0 fully saturated rings. The minimum Gasteiger partial charge on any atom is -0.401 e. The van der Waals surface area contributed by atoms with Crippen LogP contribution in [-0.2, 0) is 0 Å². The van der Waals surface area contributed by atoms with Crippen molar-refractivity contribution in [1.29, 1.82) is 0 Å². The van der Waals surface area contributed by atoms with E-state index in [4.69, 9.17) is 5.73 Å². The second-order valence-corrected chi connectivity index (χ2v) is 3.13. The maximum absolute atomic E-state index is 5.74. The summed E-state index contributed by atoms with van der Waals surface area (Å²) >= 11 is 0. The number of allylic oxidation sites excluding steroid dienone is 1. The van der Waals surface area contributed by atoms with E-state index in [2.05, 4.69) is 19.2 Å². The zero-order valence-corrected chi connectivity index (χ0v) is 8.40. The van der Waals surface area contributed by atoms with E-state index in [1.807, 2.05) is 6.20 Å². The topological polar surface area (TPSA) is 38.0 Å². The van der Waals surface area contributed by atoms with Gasteiger partial charge in [-0.15, -0.1) is 0 Å². The van der Waals surface area contributed by atoms with Crippen LogP contribution in [0.1, 0.15) is 46.0 Å². The summed E-state index contributed by atoms with van der Waals surface area (Å²) in [5.41, 5.74) is 6.72. The fourth-order valence-corrected chi connectivity index (χ4v) is 0.935. The first-order valence-corrected chi connectivity index (χ1v) is 4.99. The summed E-state index contributed by atoms with van der Waals surface area (Å²) in [6.45, 7) is 5.41. The molecule has 0 aromatic rings. The van der Waals surface area contributed by atoms with Crippen molar-refractivity contribution in [3.05, 3.63) is 11.9 Å². The summed E-state index contributed by atoms with van der Waals surface area (Å²) in [4.78, 5) is 0. The van der Waals surface area contributed by atoms with Crippen LogP contribution in [0.5, 0.6) is 0 Å². The Morgan fingerprint density at radius 1 is 1.25 bits per heavy atom. The molecule has 0 rings (SSSR count). The number of hydrogen-bond acceptors (Lipinski definition) is 2. The quantitative estimate of drug-likeness (QED) is 0.576. The van der Waals surface area contributed by atoms with Crippen molar-refractivity contribution in [1.82, 2.24) is 5.32 Å². The van der Waals surface area contributed by atoms with E-state index in [0.717, 1.165) is 18.7 Å². The lowest BCUT2D eigenvalue weighted by Crippen LogP contribution is -2.10. The molecule has 0 atom stereocenters. The molecule has 0 unspecified atom stereocenters. The molecule has 12 heavy (non-hydrogen) atoms. The average molecular weight is 170 g/mol. The van der Waals surface area contributed by atoms with Crippen molar-refractivity contribution < 1.29 is 0 Å². The fraction of sp³-hybridized carbons (Fsp3) is 0.800. The van der Waals surface area contributed by atoms with Gasteiger partial charge in [-0.2, -0.15) is 0 Å². The average Bonchev–Trinajstić information content (AvgIpc) is 2.09. The number of nitrogens with two attached hydrogens (primary N) is 1. The third-order valence-corrected chi connectivity index (χ3v) is 1.78. The van der Waals surface area contributed by atoms with Gasteiger partial charge in [-0.3, -0.25) is 0 Å². The smallest absolute Gasteiger partial charge is 0.0240 e. The van der Waals surface area contributed by atoms with Gasteiger partial charge in [-0.05, 0) is 19.3 Å². The van der Waals surface area contributed by atoms with Gasteiger partial charge in [0.15, 0.2) is 0 Å². The van der Waals surface area contributed by atoms with Gasteiger partial charge in [0.05, 0.1) is 0 Å². The normalized spacial score (nSPS) is 11.7. The second-order valence-electron chi connectivity index (χ2n) is 3.13. The highest BCUT2D eigenvalue weighted by Gasteiger charge is 1.88. The summed E-state index contributed by atoms with van der Waals surface area (Å²) < 4.78 is 0. The Labute approximate surface area is 76.2 Å². The standard InChI is InChI=1S/C10H22N2/c1-3-5-7-10(11)9-12-8-6-4-2/h9,12H,3-8,11H2,1-2H3/b10-9-. The number of nitrogens with one attached hydrogen (secondary N) is 1. The van der Waals surface area contributed by atoms with Crippen LogP contribution < -0.4 is 11.1 Å². The molecule has 2 heteroatoms. The van der Waals surface area contributed by atoms with Gasteiger partial charge >= 0.3 is 0 Å². The summed E-state index contributed by atoms with van der Waals surface area (Å²) in [5.74, 6) is 0. The summed E-state index contributed by atoms with van der Waals surface area (Å²) in [6, 6.07) is 0. The van der Waals surface area contributed by atoms with Crippen molar-refractivity contribution in [2.75, 3.05) is 6.54 Å². The van der Waals surface area contributed by atoms with Crippen molar-refractivity contribution >= 4 is 0 Å². The van der Waals surface area contributed by atoms with E-state index < -0.39 is 0 Å². The Morgan fingerprint density at radius 3 is 2.50 bits per heavy atom. The van der Waals surface area contributed by atoms with Gasteiger partial charge in [-0.25, -0.2) is 0 Å². The minimum atomic E-state index is 0.980. The zero-order valence-electron chi connectivity index (χ0n) is 8.40. The predicted molar refractivity (Wildman–Crippen MR) is 54.7 cm³/mol. The third kappa shape index (κ3) is 7.45. The highest BCUT2D eigenvalue weighted by Crippen LogP contribution is 1.99. The number of hydrogen-bond donors (Lipinski definition) is 2. The molecular formula is C10H22N2. The Morgan fingerprint density at radius 2 is 1.92 bits per heavy atom. The molecule has 0 amide bonds. The minimum absolute atomic E-state index is 0.980. The fourth-order valence-electron chi connectivity index (χ4n) is 0.935. The molecule has 0 aromatic heterocycles. The lowest BCUT2D eigenvalue weighted by atomic mass is 10.2. The van der Waals surface area contributed by atoms with Crippen molar-refractivity contribution in [3.63, 3.8) is 0 Å². The SMILES string of the molecule is CCCCN/C=C(\N)CCCC. The number of rotatable bonds is 7. The van der Waals surface area contributed by atoms with Crippen LogP contribution in [-0.4, -0.2) is 6.54 Å². The molecule has 0 aliphatic carbocycles. The van der Waals surface area contributed by atoms with Gasteiger partial charge in [0.2, 0.25) is 0 Å². The Bertz CT molecular complexity index is 119. The molecule has 3 N–H and O–H groups in total. The van der Waals surface area contributed by atoms with Gasteiger partial charge in [-0.1, -0.05) is 26.7 Å². The van der Waals surface area contributed by atoms with E-state index in [-0.39, 0.29) is 0 Å². The van der Waals surface area contributed by atoms with Crippen LogP contribution in [0, 0.1) is 0 Å². The molecule has 2 nitrogen and oxygen atoms in total. The van der Waals surface area contributed by atoms with E-state index in [1.54, 1.807) is 0 Å². The Balaban J connectivity index is 3.28. The van der Waals surface area contributed by atoms with Crippen molar-refractivity contribution in [2.24, 2.45) is 5.73 Å². The molecule has 0 aromatic carbocycles. The first kappa shape index (κ1) is 11.3. The first-order valence-electron chi connectivity index (χ1n) is 4.99. The molecule has 0 saturated heterocycles. The summed E-state index contributed by atoms with van der Waals surface area (Å²) in [5, 5.41) is 3.21. The first-order chi connectivity index (χ1) is 5.81. The molecule has 0 aliphatic rings.